The molecule has 24 heavy (non-hydrogen) atoms. The minimum Gasteiger partial charge on any atom is -0.464 e. The highest BCUT2D eigenvalue weighted by atomic mass is 35.5. The van der Waals surface area contributed by atoms with Crippen molar-refractivity contribution in [1.82, 2.24) is 9.88 Å². The van der Waals surface area contributed by atoms with Gasteiger partial charge in [0.05, 0.1) is 6.61 Å². The second-order valence-corrected chi connectivity index (χ2v) is 5.63. The number of benzene rings is 1. The van der Waals surface area contributed by atoms with Crippen molar-refractivity contribution in [3.63, 3.8) is 0 Å². The van der Waals surface area contributed by atoms with Crippen molar-refractivity contribution in [1.29, 1.82) is 0 Å². The molecule has 0 radical (unpaired) electrons. The Morgan fingerprint density at radius 3 is 2.58 bits per heavy atom. The molecule has 126 valence electrons. The van der Waals surface area contributed by atoms with E-state index in [9.17, 15) is 9.59 Å². The zero-order valence-electron chi connectivity index (χ0n) is 13.6. The van der Waals surface area contributed by atoms with Crippen molar-refractivity contribution in [2.45, 2.75) is 19.4 Å². The number of hydrogen-bond acceptors (Lipinski definition) is 4. The summed E-state index contributed by atoms with van der Waals surface area (Å²) in [6.07, 6.45) is 1.83. The molecule has 2 rings (SSSR count). The number of rotatable bonds is 6. The zero-order chi connectivity index (χ0) is 17.5. The Labute approximate surface area is 146 Å². The average Bonchev–Trinajstić information content (AvgIpc) is 2.59. The number of likely N-dealkylation sites (N-methyl/N-ethyl adjacent to an activating group) is 1. The van der Waals surface area contributed by atoms with E-state index in [1.165, 1.54) is 17.2 Å². The van der Waals surface area contributed by atoms with Gasteiger partial charge in [-0.3, -0.25) is 4.79 Å². The summed E-state index contributed by atoms with van der Waals surface area (Å²) in [4.78, 5) is 30.3. The van der Waals surface area contributed by atoms with E-state index in [0.29, 0.717) is 12.0 Å². The molecule has 6 heteroatoms. The number of carbonyl (C=O) groups excluding carboxylic acids is 2. The Morgan fingerprint density at radius 2 is 1.96 bits per heavy atom. The molecular formula is C18H19ClN2O3. The van der Waals surface area contributed by atoms with Gasteiger partial charge in [-0.05, 0) is 24.6 Å². The molecule has 0 unspecified atom stereocenters. The number of esters is 1. The van der Waals surface area contributed by atoms with Crippen LogP contribution in [-0.4, -0.2) is 41.5 Å². The van der Waals surface area contributed by atoms with E-state index in [1.807, 2.05) is 30.3 Å². The lowest BCUT2D eigenvalue weighted by Gasteiger charge is -2.26. The van der Waals surface area contributed by atoms with Crippen LogP contribution >= 0.6 is 11.6 Å². The van der Waals surface area contributed by atoms with Gasteiger partial charge in [-0.15, -0.1) is 0 Å². The first-order valence-electron chi connectivity index (χ1n) is 7.62. The molecule has 1 amide bonds. The van der Waals surface area contributed by atoms with Gasteiger partial charge in [0.25, 0.3) is 5.91 Å². The van der Waals surface area contributed by atoms with Crippen LogP contribution in [-0.2, 0) is 16.0 Å². The minimum atomic E-state index is -0.716. The fourth-order valence-electron chi connectivity index (χ4n) is 2.33. The van der Waals surface area contributed by atoms with Crippen molar-refractivity contribution in [3.05, 3.63) is 64.9 Å². The van der Waals surface area contributed by atoms with Gasteiger partial charge in [-0.1, -0.05) is 41.9 Å². The summed E-state index contributed by atoms with van der Waals surface area (Å²) >= 11 is 5.84. The number of carbonyl (C=O) groups is 2. The molecule has 0 bridgehead atoms. The van der Waals surface area contributed by atoms with Crippen molar-refractivity contribution in [3.8, 4) is 0 Å². The van der Waals surface area contributed by atoms with Crippen LogP contribution in [0.15, 0.2) is 48.7 Å². The number of aromatic nitrogens is 1. The molecule has 0 N–H and O–H groups in total. The molecule has 0 aliphatic carbocycles. The van der Waals surface area contributed by atoms with E-state index in [4.69, 9.17) is 16.3 Å². The summed E-state index contributed by atoms with van der Waals surface area (Å²) < 4.78 is 5.14. The summed E-state index contributed by atoms with van der Waals surface area (Å²) in [6.45, 7) is 2.00. The quantitative estimate of drug-likeness (QED) is 0.596. The van der Waals surface area contributed by atoms with Crippen LogP contribution in [0.4, 0.5) is 0 Å². The number of ether oxygens (including phenoxy) is 1. The maximum Gasteiger partial charge on any atom is 0.329 e. The van der Waals surface area contributed by atoms with Gasteiger partial charge in [-0.2, -0.15) is 0 Å². The highest BCUT2D eigenvalue weighted by molar-refractivity contribution is 6.29. The lowest BCUT2D eigenvalue weighted by molar-refractivity contribution is -0.148. The molecular weight excluding hydrogens is 328 g/mol. The molecule has 2 aromatic rings. The van der Waals surface area contributed by atoms with Crippen molar-refractivity contribution in [2.24, 2.45) is 0 Å². The first-order chi connectivity index (χ1) is 11.5. The zero-order valence-corrected chi connectivity index (χ0v) is 14.4. The molecule has 0 spiro atoms. The first-order valence-corrected chi connectivity index (χ1v) is 8.00. The first kappa shape index (κ1) is 17.9. The van der Waals surface area contributed by atoms with Crippen LogP contribution in [0, 0.1) is 0 Å². The number of halogens is 1. The van der Waals surface area contributed by atoms with E-state index in [1.54, 1.807) is 20.0 Å². The van der Waals surface area contributed by atoms with Crippen LogP contribution in [0.2, 0.25) is 5.15 Å². The van der Waals surface area contributed by atoms with E-state index in [0.717, 1.165) is 5.56 Å². The van der Waals surface area contributed by atoms with Crippen LogP contribution in [0.5, 0.6) is 0 Å². The fraction of sp³-hybridized carbons (Fsp3) is 0.278. The summed E-state index contributed by atoms with van der Waals surface area (Å²) in [7, 11) is 1.58. The summed E-state index contributed by atoms with van der Waals surface area (Å²) in [5.74, 6) is -0.745. The second kappa shape index (κ2) is 8.45. The average molecular weight is 347 g/mol. The van der Waals surface area contributed by atoms with Crippen LogP contribution in [0.1, 0.15) is 22.8 Å². The molecule has 5 nitrogen and oxygen atoms in total. The SMILES string of the molecule is CCOC(=O)[C@H](Cc1ccccc1)N(C)C(=O)c1ccnc(Cl)c1. The third-order valence-corrected chi connectivity index (χ3v) is 3.80. The Hall–Kier alpha value is -2.40. The molecule has 0 aliphatic rings. The third-order valence-electron chi connectivity index (χ3n) is 3.59. The second-order valence-electron chi connectivity index (χ2n) is 5.24. The fourth-order valence-corrected chi connectivity index (χ4v) is 2.51. The normalized spacial score (nSPS) is 11.6. The molecule has 0 aliphatic heterocycles. The Bertz CT molecular complexity index is 706. The Kier molecular flexibility index (Phi) is 6.32. The smallest absolute Gasteiger partial charge is 0.329 e. The van der Waals surface area contributed by atoms with Gasteiger partial charge in [0.2, 0.25) is 0 Å². The Morgan fingerprint density at radius 1 is 1.25 bits per heavy atom. The van der Waals surface area contributed by atoms with Crippen LogP contribution < -0.4 is 0 Å². The van der Waals surface area contributed by atoms with Gasteiger partial charge < -0.3 is 9.64 Å². The van der Waals surface area contributed by atoms with Crippen LogP contribution in [0.25, 0.3) is 0 Å². The van der Waals surface area contributed by atoms with Gasteiger partial charge in [0.1, 0.15) is 11.2 Å². The monoisotopic (exact) mass is 346 g/mol. The maximum atomic E-state index is 12.7. The summed E-state index contributed by atoms with van der Waals surface area (Å²) in [6, 6.07) is 11.8. The van der Waals surface area contributed by atoms with Gasteiger partial charge in [0.15, 0.2) is 0 Å². The number of hydrogen-bond donors (Lipinski definition) is 0. The van der Waals surface area contributed by atoms with Crippen molar-refractivity contribution >= 4 is 23.5 Å². The van der Waals surface area contributed by atoms with Crippen molar-refractivity contribution in [2.75, 3.05) is 13.7 Å². The number of amides is 1. The molecule has 1 aromatic carbocycles. The highest BCUT2D eigenvalue weighted by Gasteiger charge is 2.29. The predicted molar refractivity (Wildman–Crippen MR) is 91.9 cm³/mol. The van der Waals surface area contributed by atoms with E-state index in [2.05, 4.69) is 4.98 Å². The summed E-state index contributed by atoms with van der Waals surface area (Å²) in [5, 5.41) is 0.227. The molecule has 1 heterocycles. The van der Waals surface area contributed by atoms with E-state index >= 15 is 0 Å². The maximum absolute atomic E-state index is 12.7. The molecule has 0 fully saturated rings. The number of nitrogens with zero attached hydrogens (tertiary/aromatic N) is 2. The lowest BCUT2D eigenvalue weighted by Crippen LogP contribution is -2.44. The predicted octanol–water partition coefficient (Wildman–Crippen LogP) is 2.98. The molecule has 1 aromatic heterocycles. The largest absolute Gasteiger partial charge is 0.464 e. The van der Waals surface area contributed by atoms with Crippen molar-refractivity contribution < 1.29 is 14.3 Å². The molecule has 0 saturated heterocycles. The van der Waals surface area contributed by atoms with Gasteiger partial charge >= 0.3 is 5.97 Å². The highest BCUT2D eigenvalue weighted by Crippen LogP contribution is 2.15. The van der Waals surface area contributed by atoms with E-state index in [-0.39, 0.29) is 17.7 Å². The number of pyridine rings is 1. The standard InChI is InChI=1S/C18H19ClN2O3/c1-3-24-18(23)15(11-13-7-5-4-6-8-13)21(2)17(22)14-9-10-20-16(19)12-14/h4-10,12,15H,3,11H2,1-2H3/t15-/m0/s1. The molecule has 1 atom stereocenters. The summed E-state index contributed by atoms with van der Waals surface area (Å²) in [5.41, 5.74) is 1.32. The molecule has 0 saturated carbocycles. The minimum absolute atomic E-state index is 0.227. The van der Waals surface area contributed by atoms with E-state index < -0.39 is 12.0 Å². The third kappa shape index (κ3) is 4.55. The topological polar surface area (TPSA) is 59.5 Å². The van der Waals surface area contributed by atoms with Crippen LogP contribution in [0.3, 0.4) is 0 Å². The lowest BCUT2D eigenvalue weighted by atomic mass is 10.0. The Balaban J connectivity index is 2.24. The van der Waals surface area contributed by atoms with Gasteiger partial charge in [-0.25, -0.2) is 9.78 Å². The van der Waals surface area contributed by atoms with Gasteiger partial charge in [0, 0.05) is 25.2 Å².